The first kappa shape index (κ1) is 39.5. The van der Waals surface area contributed by atoms with Crippen LogP contribution in [0.3, 0.4) is 0 Å². The average molecular weight is 630 g/mol. The second-order valence-electron chi connectivity index (χ2n) is 13.7. The lowest BCUT2D eigenvalue weighted by molar-refractivity contribution is -0.500. The van der Waals surface area contributed by atoms with Gasteiger partial charge in [0.1, 0.15) is 24.2 Å². The minimum atomic E-state index is 0. The molecule has 6 heteroatoms. The first-order valence-corrected chi connectivity index (χ1v) is 18.6. The molecule has 0 radical (unpaired) electrons. The minimum Gasteiger partial charge on any atom is -1.00 e. The Labute approximate surface area is 274 Å². The Balaban J connectivity index is 0.000000401. The molecule has 2 heterocycles. The average Bonchev–Trinajstić information content (AvgIpc) is 3.59. The largest absolute Gasteiger partial charge is 1.00 e. The molecule has 4 rings (SSSR count). The van der Waals surface area contributed by atoms with Crippen molar-refractivity contribution in [3.05, 3.63) is 0 Å². The zero-order valence-electron chi connectivity index (χ0n) is 27.9. The standard InChI is InChI=1S/2C18H34N2.2ClH/c2*1-2-3-4-5-6-7-8-9-10-15-18-19-16-13-11-12-14-17(16)20-18;;/h2*16-17H,2-15H2,1H3,(H,19,20);2*1H/t2*16-,17-;;/m11../s1. The summed E-state index contributed by atoms with van der Waals surface area (Å²) < 4.78 is 0. The minimum absolute atomic E-state index is 0. The quantitative estimate of drug-likeness (QED) is 0.149. The number of unbranched alkanes of at least 4 members (excludes halogenated alkanes) is 16. The summed E-state index contributed by atoms with van der Waals surface area (Å²) in [7, 11) is 0. The van der Waals surface area contributed by atoms with Crippen molar-refractivity contribution in [1.29, 1.82) is 0 Å². The number of nitrogens with one attached hydrogen (secondary N) is 4. The first-order chi connectivity index (χ1) is 19.8. The van der Waals surface area contributed by atoms with E-state index in [4.69, 9.17) is 0 Å². The summed E-state index contributed by atoms with van der Waals surface area (Å²) in [6, 6.07) is 2.99. The third-order valence-electron chi connectivity index (χ3n) is 10.0. The van der Waals surface area contributed by atoms with Gasteiger partial charge in [0.15, 0.2) is 0 Å². The molecular formula is C36H70Cl2N4. The summed E-state index contributed by atoms with van der Waals surface area (Å²) in [5.74, 6) is 2.90. The van der Waals surface area contributed by atoms with E-state index < -0.39 is 0 Å². The summed E-state index contributed by atoms with van der Waals surface area (Å²) >= 11 is 0. The summed E-state index contributed by atoms with van der Waals surface area (Å²) in [6.45, 7) is 4.58. The van der Waals surface area contributed by atoms with Crippen LogP contribution in [0.4, 0.5) is 0 Å². The Kier molecular flexibility index (Phi) is 24.3. The van der Waals surface area contributed by atoms with Crippen LogP contribution in [0.2, 0.25) is 0 Å². The van der Waals surface area contributed by atoms with Crippen LogP contribution >= 0.6 is 0 Å². The van der Waals surface area contributed by atoms with Crippen LogP contribution in [0.15, 0.2) is 0 Å². The van der Waals surface area contributed by atoms with Crippen LogP contribution in [0.1, 0.15) is 194 Å². The third kappa shape index (κ3) is 16.6. The summed E-state index contributed by atoms with van der Waals surface area (Å²) in [6.07, 6.45) is 39.3. The maximum Gasteiger partial charge on any atom is 0.243 e. The van der Waals surface area contributed by atoms with E-state index in [0.29, 0.717) is 0 Å². The number of hydrogen-bond acceptors (Lipinski definition) is 2. The fourth-order valence-corrected chi connectivity index (χ4v) is 7.44. The highest BCUT2D eigenvalue weighted by Crippen LogP contribution is 2.19. The van der Waals surface area contributed by atoms with Crippen LogP contribution in [-0.2, 0) is 0 Å². The van der Waals surface area contributed by atoms with Crippen molar-refractivity contribution in [3.8, 4) is 0 Å². The van der Waals surface area contributed by atoms with E-state index in [2.05, 4.69) is 34.5 Å². The molecule has 0 aromatic carbocycles. The van der Waals surface area contributed by atoms with Gasteiger partial charge in [0, 0.05) is 12.8 Å². The van der Waals surface area contributed by atoms with Gasteiger partial charge in [0.2, 0.25) is 11.7 Å². The molecule has 0 spiro atoms. The maximum atomic E-state index is 3.72. The van der Waals surface area contributed by atoms with Crippen molar-refractivity contribution >= 4 is 11.7 Å². The molecule has 4 N–H and O–H groups in total. The molecule has 0 aromatic heterocycles. The fourth-order valence-electron chi connectivity index (χ4n) is 7.44. The van der Waals surface area contributed by atoms with Gasteiger partial charge in [-0.3, -0.25) is 20.6 Å². The van der Waals surface area contributed by atoms with E-state index in [0.717, 1.165) is 24.2 Å². The van der Waals surface area contributed by atoms with Crippen molar-refractivity contribution in [2.24, 2.45) is 0 Å². The van der Waals surface area contributed by atoms with Crippen molar-refractivity contribution in [2.75, 3.05) is 0 Å². The van der Waals surface area contributed by atoms with Crippen LogP contribution in [0.5, 0.6) is 0 Å². The van der Waals surface area contributed by atoms with Crippen LogP contribution in [-0.4, -0.2) is 35.8 Å². The number of amidine groups is 2. The highest BCUT2D eigenvalue weighted by Gasteiger charge is 2.36. The second kappa shape index (κ2) is 25.8. The molecule has 2 aliphatic carbocycles. The first-order valence-electron chi connectivity index (χ1n) is 18.6. The van der Waals surface area contributed by atoms with Gasteiger partial charge in [-0.2, -0.15) is 0 Å². The summed E-state index contributed by atoms with van der Waals surface area (Å²) in [5.41, 5.74) is 0. The van der Waals surface area contributed by atoms with Crippen molar-refractivity contribution in [1.82, 2.24) is 10.6 Å². The zero-order chi connectivity index (χ0) is 28.1. The molecule has 4 atom stereocenters. The molecule has 0 amide bonds. The smallest absolute Gasteiger partial charge is 0.243 e. The molecule has 248 valence electrons. The van der Waals surface area contributed by atoms with Gasteiger partial charge in [-0.15, -0.1) is 0 Å². The van der Waals surface area contributed by atoms with Gasteiger partial charge < -0.3 is 24.8 Å². The Morgan fingerprint density at radius 3 is 1.10 bits per heavy atom. The lowest BCUT2D eigenvalue weighted by Gasteiger charge is -2.18. The summed E-state index contributed by atoms with van der Waals surface area (Å²) in [4.78, 5) is 7.45. The molecule has 42 heavy (non-hydrogen) atoms. The lowest BCUT2D eigenvalue weighted by Crippen LogP contribution is -3.00. The van der Waals surface area contributed by atoms with Gasteiger partial charge in [-0.05, 0) is 64.2 Å². The highest BCUT2D eigenvalue weighted by molar-refractivity contribution is 5.78. The highest BCUT2D eigenvalue weighted by atomic mass is 35.5. The Hall–Kier alpha value is -0.480. The SMILES string of the molecule is CCCCCCCCCCCC1=[NH+][C@@H]2CCCC[C@H]2N1.CCCCCCCCCCCC1=[NH+][C@@H]2CCCC[C@H]2N1.[Cl-].[Cl-]. The van der Waals surface area contributed by atoms with Crippen LogP contribution in [0.25, 0.3) is 0 Å². The molecule has 0 bridgehead atoms. The zero-order valence-corrected chi connectivity index (χ0v) is 29.4. The van der Waals surface area contributed by atoms with E-state index in [9.17, 15) is 0 Å². The summed E-state index contributed by atoms with van der Waals surface area (Å²) in [5, 5.41) is 7.45. The number of fused-ring (bicyclic) bond motifs is 2. The Morgan fingerprint density at radius 1 is 0.452 bits per heavy atom. The Morgan fingerprint density at radius 2 is 0.762 bits per heavy atom. The number of hydrogen-bond donors (Lipinski definition) is 4. The van der Waals surface area contributed by atoms with E-state index >= 15 is 0 Å². The van der Waals surface area contributed by atoms with Gasteiger partial charge in [-0.25, -0.2) is 0 Å². The second-order valence-corrected chi connectivity index (χ2v) is 13.7. The monoisotopic (exact) mass is 628 g/mol. The molecule has 0 unspecified atom stereocenters. The lowest BCUT2D eigenvalue weighted by atomic mass is 9.92. The van der Waals surface area contributed by atoms with Gasteiger partial charge in [0.05, 0.1) is 0 Å². The Bertz CT molecular complexity index is 640. The predicted octanol–water partition coefficient (Wildman–Crippen LogP) is 0.610. The van der Waals surface area contributed by atoms with Gasteiger partial charge in [0.25, 0.3) is 0 Å². The normalized spacial score (nSPS) is 24.0. The van der Waals surface area contributed by atoms with Gasteiger partial charge >= 0.3 is 0 Å². The molecular weight excluding hydrogens is 559 g/mol. The van der Waals surface area contributed by atoms with Crippen molar-refractivity contribution < 1.29 is 34.8 Å². The maximum absolute atomic E-state index is 3.72. The van der Waals surface area contributed by atoms with E-state index in [-0.39, 0.29) is 24.8 Å². The molecule has 0 aromatic rings. The van der Waals surface area contributed by atoms with Crippen LogP contribution < -0.4 is 45.4 Å². The van der Waals surface area contributed by atoms with Crippen molar-refractivity contribution in [3.63, 3.8) is 0 Å². The van der Waals surface area contributed by atoms with E-state index in [1.807, 2.05) is 0 Å². The molecule has 2 fully saturated rings. The predicted molar refractivity (Wildman–Crippen MR) is 174 cm³/mol. The topological polar surface area (TPSA) is 52.0 Å². The van der Waals surface area contributed by atoms with E-state index in [1.54, 1.807) is 0 Å². The number of halogens is 2. The van der Waals surface area contributed by atoms with E-state index in [1.165, 1.54) is 191 Å². The molecule has 2 aliphatic heterocycles. The molecule has 0 saturated heterocycles. The van der Waals surface area contributed by atoms with Crippen LogP contribution in [0, 0.1) is 0 Å². The molecule has 4 nitrogen and oxygen atoms in total. The third-order valence-corrected chi connectivity index (χ3v) is 10.0. The number of rotatable bonds is 20. The molecule has 4 aliphatic rings. The fraction of sp³-hybridized carbons (Fsp3) is 0.944. The molecule has 2 saturated carbocycles. The van der Waals surface area contributed by atoms with Crippen molar-refractivity contribution in [2.45, 2.75) is 218 Å². The van der Waals surface area contributed by atoms with Gasteiger partial charge in [-0.1, -0.05) is 117 Å².